The largest absolute Gasteiger partial charge is 0.455 e. The molecule has 0 bridgehead atoms. The van der Waals surface area contributed by atoms with E-state index in [9.17, 15) is 0 Å². The summed E-state index contributed by atoms with van der Waals surface area (Å²) in [5.74, 6) is 0.832. The quantitative estimate of drug-likeness (QED) is 0.130. The molecule has 4 aromatic heterocycles. The maximum atomic E-state index is 6.47. The van der Waals surface area contributed by atoms with Gasteiger partial charge < -0.3 is 8.98 Å². The van der Waals surface area contributed by atoms with Gasteiger partial charge in [0.25, 0.3) is 0 Å². The van der Waals surface area contributed by atoms with Gasteiger partial charge in [-0.1, -0.05) is 109 Å². The van der Waals surface area contributed by atoms with Crippen LogP contribution in [0.4, 0.5) is 0 Å². The molecule has 6 nitrogen and oxygen atoms in total. The molecule has 1 radical (unpaired) electrons. The summed E-state index contributed by atoms with van der Waals surface area (Å²) in [4.78, 5) is 9.55. The second kappa shape index (κ2) is 14.3. The number of nitrogens with zero attached hydrogens (tertiary/aromatic N) is 5. The molecular weight excluding hydrogens is 855 g/mol. The molecule has 0 amide bonds. The number of hydrogen-bond donors (Lipinski definition) is 0. The van der Waals surface area contributed by atoms with Crippen LogP contribution in [-0.4, -0.2) is 24.3 Å². The second-order valence-corrected chi connectivity index (χ2v) is 13.3. The summed E-state index contributed by atoms with van der Waals surface area (Å²) >= 11 is 0. The van der Waals surface area contributed by atoms with Crippen LogP contribution >= 0.6 is 0 Å². The van der Waals surface area contributed by atoms with Crippen LogP contribution in [0.3, 0.4) is 0 Å². The number of benzene rings is 7. The van der Waals surface area contributed by atoms with Crippen molar-refractivity contribution in [1.29, 1.82) is 0 Å². The summed E-state index contributed by atoms with van der Waals surface area (Å²) < 4.78 is 10.4. The summed E-state index contributed by atoms with van der Waals surface area (Å²) in [6, 6.07) is 57.2. The van der Waals surface area contributed by atoms with Gasteiger partial charge in [-0.3, -0.25) is 9.67 Å². The Morgan fingerprint density at radius 1 is 0.600 bits per heavy atom. The van der Waals surface area contributed by atoms with Crippen molar-refractivity contribution in [2.24, 2.45) is 7.05 Å². The molecular formula is C48H32IrN5O-. The minimum Gasteiger partial charge on any atom is -0.455 e. The average Bonchev–Trinajstić information content (AvgIpc) is 3.97. The molecule has 7 heteroatoms. The van der Waals surface area contributed by atoms with Crippen LogP contribution in [0, 0.1) is 6.07 Å². The zero-order valence-corrected chi connectivity index (χ0v) is 32.1. The zero-order valence-electron chi connectivity index (χ0n) is 29.7. The van der Waals surface area contributed by atoms with Gasteiger partial charge in [0.05, 0.1) is 17.2 Å². The fraction of sp³-hybridized carbons (Fsp3) is 0.0208. The van der Waals surface area contributed by atoms with Crippen molar-refractivity contribution in [2.45, 2.75) is 0 Å². The standard InChI is InChI=1S/C27H17N3O.C21H15N2.Ir/c1-30-23-9-5-4-8-21(23)29-27(30)22-14-24-20(15-28-22)19-13-12-17-11-10-16-6-2-3-7-18(16)25(17)26(19)31-24;1-3-7-17(8-4-1)18-11-13-19(14-12-18)20-15-22-23(16-20)21-9-5-2-6-10-21;/h2-15H,1H3;1-9,11-16H;/q;-1;. The van der Waals surface area contributed by atoms with E-state index in [1.807, 2.05) is 84.9 Å². The Hall–Kier alpha value is -6.66. The van der Waals surface area contributed by atoms with E-state index >= 15 is 0 Å². The summed E-state index contributed by atoms with van der Waals surface area (Å²) in [7, 11) is 2.02. The predicted molar refractivity (Wildman–Crippen MR) is 220 cm³/mol. The summed E-state index contributed by atoms with van der Waals surface area (Å²) in [6.45, 7) is 0. The third-order valence-electron chi connectivity index (χ3n) is 10.1. The summed E-state index contributed by atoms with van der Waals surface area (Å²) in [6.07, 6.45) is 5.83. The Labute approximate surface area is 330 Å². The van der Waals surface area contributed by atoms with Crippen molar-refractivity contribution < 1.29 is 24.5 Å². The van der Waals surface area contributed by atoms with Crippen LogP contribution in [0.1, 0.15) is 0 Å². The molecule has 0 aliphatic heterocycles. The number of pyridine rings is 1. The number of rotatable bonds is 4. The fourth-order valence-electron chi connectivity index (χ4n) is 7.33. The van der Waals surface area contributed by atoms with Crippen molar-refractivity contribution in [3.63, 3.8) is 0 Å². The molecule has 0 saturated heterocycles. The van der Waals surface area contributed by atoms with Crippen molar-refractivity contribution in [3.8, 4) is 39.5 Å². The van der Waals surface area contributed by atoms with Crippen LogP contribution in [0.25, 0.3) is 94.0 Å². The minimum atomic E-state index is 0. The van der Waals surface area contributed by atoms with Crippen LogP contribution in [0.2, 0.25) is 0 Å². The number of furan rings is 1. The topological polar surface area (TPSA) is 61.7 Å². The van der Waals surface area contributed by atoms with E-state index in [0.717, 1.165) is 66.7 Å². The van der Waals surface area contributed by atoms with Crippen LogP contribution in [0.5, 0.6) is 0 Å². The Balaban J connectivity index is 0.000000148. The number of imidazole rings is 1. The van der Waals surface area contributed by atoms with Gasteiger partial charge in [-0.25, -0.2) is 4.98 Å². The molecule has 4 heterocycles. The Morgan fingerprint density at radius 2 is 1.31 bits per heavy atom. The molecule has 7 aromatic carbocycles. The van der Waals surface area contributed by atoms with E-state index in [-0.39, 0.29) is 20.1 Å². The number of aromatic nitrogens is 5. The van der Waals surface area contributed by atoms with Crippen LogP contribution in [-0.2, 0) is 27.2 Å². The predicted octanol–water partition coefficient (Wildman–Crippen LogP) is 11.8. The molecule has 0 fully saturated rings. The number of para-hydroxylation sites is 3. The van der Waals surface area contributed by atoms with Crippen LogP contribution in [0.15, 0.2) is 181 Å². The normalized spacial score (nSPS) is 11.2. The first-order valence-electron chi connectivity index (χ1n) is 17.9. The van der Waals surface area contributed by atoms with E-state index in [4.69, 9.17) is 14.4 Å². The fourth-order valence-corrected chi connectivity index (χ4v) is 7.33. The molecule has 0 aliphatic rings. The monoisotopic (exact) mass is 887 g/mol. The SMILES string of the molecule is Cn1c(-c2cc3oc4c(ccc5ccc6ccccc6c54)c3cn2)nc2ccccc21.[Ir].[c-]1ccccc1-n1cc(-c2ccc(-c3ccccc3)cc2)cn1. The Kier molecular flexibility index (Phi) is 8.87. The van der Waals surface area contributed by atoms with Gasteiger partial charge in [-0.2, -0.15) is 29.4 Å². The van der Waals surface area contributed by atoms with Gasteiger partial charge in [-0.15, -0.1) is 6.07 Å². The van der Waals surface area contributed by atoms with Crippen molar-refractivity contribution in [3.05, 3.63) is 182 Å². The first-order valence-corrected chi connectivity index (χ1v) is 17.9. The number of fused-ring (bicyclic) bond motifs is 8. The van der Waals surface area contributed by atoms with Gasteiger partial charge in [0, 0.05) is 67.3 Å². The van der Waals surface area contributed by atoms with Gasteiger partial charge in [0.15, 0.2) is 5.82 Å². The second-order valence-electron chi connectivity index (χ2n) is 13.3. The molecule has 0 unspecified atom stereocenters. The number of hydrogen-bond acceptors (Lipinski definition) is 4. The van der Waals surface area contributed by atoms with Crippen LogP contribution < -0.4 is 0 Å². The zero-order chi connectivity index (χ0) is 36.0. The third kappa shape index (κ3) is 6.19. The van der Waals surface area contributed by atoms with Gasteiger partial charge in [0.1, 0.15) is 16.9 Å². The van der Waals surface area contributed by atoms with Crippen molar-refractivity contribution in [2.75, 3.05) is 0 Å². The Morgan fingerprint density at radius 3 is 2.13 bits per heavy atom. The molecule has 0 N–H and O–H groups in total. The molecule has 55 heavy (non-hydrogen) atoms. The van der Waals surface area contributed by atoms with E-state index in [0.29, 0.717) is 0 Å². The van der Waals surface area contributed by atoms with Crippen molar-refractivity contribution >= 4 is 54.5 Å². The molecule has 11 rings (SSSR count). The molecule has 0 aliphatic carbocycles. The van der Waals surface area contributed by atoms with Gasteiger partial charge in [-0.05, 0) is 56.7 Å². The average molecular weight is 887 g/mol. The van der Waals surface area contributed by atoms with E-state index in [1.54, 1.807) is 0 Å². The smallest absolute Gasteiger partial charge is 0.159 e. The molecule has 0 saturated carbocycles. The maximum absolute atomic E-state index is 6.47. The summed E-state index contributed by atoms with van der Waals surface area (Å²) in [5.41, 5.74) is 10.2. The van der Waals surface area contributed by atoms with E-state index in [2.05, 4.69) is 119 Å². The van der Waals surface area contributed by atoms with Gasteiger partial charge >= 0.3 is 0 Å². The molecule has 0 atom stereocenters. The minimum absolute atomic E-state index is 0. The first-order chi connectivity index (χ1) is 26.7. The van der Waals surface area contributed by atoms with Crippen molar-refractivity contribution in [1.82, 2.24) is 24.3 Å². The van der Waals surface area contributed by atoms with Gasteiger partial charge in [0.2, 0.25) is 0 Å². The summed E-state index contributed by atoms with van der Waals surface area (Å²) in [5, 5.41) is 11.3. The molecule has 0 spiro atoms. The maximum Gasteiger partial charge on any atom is 0.159 e. The van der Waals surface area contributed by atoms with E-state index < -0.39 is 0 Å². The number of aryl methyl sites for hydroxylation is 1. The third-order valence-corrected chi connectivity index (χ3v) is 10.1. The first kappa shape index (κ1) is 34.1. The van der Waals surface area contributed by atoms with E-state index in [1.165, 1.54) is 27.3 Å². The molecule has 11 aromatic rings. The molecule has 265 valence electrons. The Bertz CT molecular complexity index is 3110.